The second-order valence-corrected chi connectivity index (χ2v) is 15.2. The molecule has 0 saturated carbocycles. The van der Waals surface area contributed by atoms with Crippen LogP contribution >= 0.6 is 0 Å². The fourth-order valence-corrected chi connectivity index (χ4v) is 6.58. The number of rotatable bonds is 35. The molecule has 0 spiro atoms. The van der Waals surface area contributed by atoms with Crippen LogP contribution in [0.2, 0.25) is 0 Å². The van der Waals surface area contributed by atoms with Crippen LogP contribution in [0.1, 0.15) is 194 Å². The molecule has 314 valence electrons. The van der Waals surface area contributed by atoms with Gasteiger partial charge in [-0.1, -0.05) is 155 Å². The lowest BCUT2D eigenvalue weighted by Gasteiger charge is -2.05. The van der Waals surface area contributed by atoms with Gasteiger partial charge in [0.15, 0.2) is 11.5 Å². The Labute approximate surface area is 338 Å². The van der Waals surface area contributed by atoms with Crippen molar-refractivity contribution in [2.45, 2.75) is 194 Å². The summed E-state index contributed by atoms with van der Waals surface area (Å²) < 4.78 is 22.4. The third-order valence-corrected chi connectivity index (χ3v) is 10.1. The molecule has 0 fully saturated rings. The highest BCUT2D eigenvalue weighted by Gasteiger charge is 2.10. The zero-order valence-electron chi connectivity index (χ0n) is 35.1. The van der Waals surface area contributed by atoms with E-state index >= 15 is 0 Å². The van der Waals surface area contributed by atoms with E-state index in [0.29, 0.717) is 37.6 Å². The minimum Gasteiger partial charge on any atom is -0.494 e. The second kappa shape index (κ2) is 33.5. The Morgan fingerprint density at radius 3 is 1.00 bits per heavy atom. The van der Waals surface area contributed by atoms with Crippen LogP contribution < -0.4 is 29.8 Å². The van der Waals surface area contributed by atoms with E-state index in [9.17, 15) is 19.2 Å². The fourth-order valence-electron chi connectivity index (χ4n) is 6.58. The predicted molar refractivity (Wildman–Crippen MR) is 228 cm³/mol. The molecular formula is C48H74O8. The van der Waals surface area contributed by atoms with Gasteiger partial charge in [-0.2, -0.15) is 0 Å². The van der Waals surface area contributed by atoms with Crippen molar-refractivity contribution < 1.29 is 28.5 Å². The molecule has 0 aliphatic carbocycles. The largest absolute Gasteiger partial charge is 0.494 e. The molecular weight excluding hydrogens is 705 g/mol. The number of carbonyl (C=O) groups is 2. The Morgan fingerprint density at radius 2 is 0.661 bits per heavy atom. The summed E-state index contributed by atoms with van der Waals surface area (Å²) in [4.78, 5) is 49.7. The van der Waals surface area contributed by atoms with Crippen LogP contribution in [0.25, 0.3) is 0 Å². The van der Waals surface area contributed by atoms with Gasteiger partial charge in [0.2, 0.25) is 10.9 Å². The first-order valence-corrected chi connectivity index (χ1v) is 22.4. The summed E-state index contributed by atoms with van der Waals surface area (Å²) in [5.41, 5.74) is -0.709. The number of ether oxygens (including phenoxy) is 4. The second-order valence-electron chi connectivity index (χ2n) is 15.2. The smallest absolute Gasteiger partial charge is 0.311 e. The van der Waals surface area contributed by atoms with Crippen molar-refractivity contribution in [2.24, 2.45) is 0 Å². The van der Waals surface area contributed by atoms with Gasteiger partial charge >= 0.3 is 11.9 Å². The van der Waals surface area contributed by atoms with Gasteiger partial charge in [-0.15, -0.1) is 0 Å². The van der Waals surface area contributed by atoms with Crippen LogP contribution in [0.5, 0.6) is 23.0 Å². The van der Waals surface area contributed by atoms with E-state index in [4.69, 9.17) is 18.9 Å². The van der Waals surface area contributed by atoms with E-state index in [2.05, 4.69) is 13.8 Å². The lowest BCUT2D eigenvalue weighted by molar-refractivity contribution is -0.135. The Bertz CT molecular complexity index is 1330. The molecule has 0 bridgehead atoms. The number of unbranched alkanes of at least 4 members (excludes halogenated alkanes) is 23. The van der Waals surface area contributed by atoms with Crippen molar-refractivity contribution in [3.05, 3.63) is 69.0 Å². The third-order valence-electron chi connectivity index (χ3n) is 10.1. The van der Waals surface area contributed by atoms with Crippen molar-refractivity contribution in [1.29, 1.82) is 0 Å². The first-order valence-electron chi connectivity index (χ1n) is 22.4. The van der Waals surface area contributed by atoms with E-state index in [1.165, 1.54) is 127 Å². The average molecular weight is 779 g/mol. The van der Waals surface area contributed by atoms with Crippen LogP contribution in [0, 0.1) is 0 Å². The maximum Gasteiger partial charge on any atom is 0.311 e. The lowest BCUT2D eigenvalue weighted by atomic mass is 10.1. The summed E-state index contributed by atoms with van der Waals surface area (Å²) >= 11 is 0. The molecule has 0 amide bonds. The number of hydrogen-bond acceptors (Lipinski definition) is 8. The minimum atomic E-state index is -0.427. The fraction of sp³-hybridized carbons (Fsp3) is 0.667. The maximum absolute atomic E-state index is 12.5. The SMILES string of the molecule is CCCCCCCCCCCCOc1ccc(OC(=O)CCCCCCCCC(=O)Oc2ccc(OCCCCCCCCCCCC)ccc2=O)c(=O)cc1. The van der Waals surface area contributed by atoms with Gasteiger partial charge < -0.3 is 18.9 Å². The molecule has 0 aromatic heterocycles. The van der Waals surface area contributed by atoms with E-state index in [1.54, 1.807) is 24.3 Å². The summed E-state index contributed by atoms with van der Waals surface area (Å²) in [5, 5.41) is 0. The van der Waals surface area contributed by atoms with Crippen molar-refractivity contribution >= 4 is 11.9 Å². The summed E-state index contributed by atoms with van der Waals surface area (Å²) in [5.74, 6) is 0.348. The first kappa shape index (κ1) is 48.5. The summed E-state index contributed by atoms with van der Waals surface area (Å²) in [6, 6.07) is 12.4. The monoisotopic (exact) mass is 779 g/mol. The van der Waals surface area contributed by atoms with Gasteiger partial charge in [0.25, 0.3) is 0 Å². The molecule has 0 aliphatic heterocycles. The normalized spacial score (nSPS) is 11.0. The standard InChI is InChI=1S/C48H74O8/c1-3-5-7-9-11-13-15-19-23-27-39-53-41-31-35-43(49)45(37-33-41)55-47(51)29-25-21-17-18-22-26-30-48(52)56-46-38-34-42(32-36-44(46)50)54-40-28-24-20-16-14-12-10-8-6-4-2/h31-38H,3-30,39-40H2,1-2H3. The molecule has 0 saturated heterocycles. The molecule has 8 heteroatoms. The highest BCUT2D eigenvalue weighted by Crippen LogP contribution is 2.17. The Kier molecular flexibility index (Phi) is 29.0. The third kappa shape index (κ3) is 25.5. The highest BCUT2D eigenvalue weighted by atomic mass is 16.5. The minimum absolute atomic E-state index is 0.0115. The van der Waals surface area contributed by atoms with Crippen LogP contribution in [0.3, 0.4) is 0 Å². The van der Waals surface area contributed by atoms with Crippen LogP contribution in [-0.2, 0) is 9.59 Å². The molecule has 0 aliphatic rings. The lowest BCUT2D eigenvalue weighted by Crippen LogP contribution is -2.12. The molecule has 2 rings (SSSR count). The average Bonchev–Trinajstić information content (AvgIpc) is 3.47. The van der Waals surface area contributed by atoms with Crippen molar-refractivity contribution in [3.63, 3.8) is 0 Å². The molecule has 0 unspecified atom stereocenters. The molecule has 56 heavy (non-hydrogen) atoms. The van der Waals surface area contributed by atoms with E-state index in [0.717, 1.165) is 51.4 Å². The van der Waals surface area contributed by atoms with Gasteiger partial charge in [0, 0.05) is 12.8 Å². The summed E-state index contributed by atoms with van der Waals surface area (Å²) in [6.45, 7) is 5.68. The van der Waals surface area contributed by atoms with E-state index < -0.39 is 11.9 Å². The zero-order valence-corrected chi connectivity index (χ0v) is 35.1. The predicted octanol–water partition coefficient (Wildman–Crippen LogP) is 12.6. The Morgan fingerprint density at radius 1 is 0.375 bits per heavy atom. The Hall–Kier alpha value is -3.68. The van der Waals surface area contributed by atoms with Gasteiger partial charge in [0.05, 0.1) is 13.2 Å². The zero-order chi connectivity index (χ0) is 40.3. The Balaban J connectivity index is 1.52. The molecule has 0 atom stereocenters. The topological polar surface area (TPSA) is 105 Å². The van der Waals surface area contributed by atoms with Crippen molar-refractivity contribution in [1.82, 2.24) is 0 Å². The van der Waals surface area contributed by atoms with E-state index in [1.807, 2.05) is 0 Å². The van der Waals surface area contributed by atoms with Crippen molar-refractivity contribution in [3.8, 4) is 23.0 Å². The van der Waals surface area contributed by atoms with E-state index in [-0.39, 0.29) is 35.2 Å². The number of esters is 2. The van der Waals surface area contributed by atoms with Gasteiger partial charge in [-0.3, -0.25) is 19.2 Å². The van der Waals surface area contributed by atoms with Gasteiger partial charge in [-0.25, -0.2) is 0 Å². The van der Waals surface area contributed by atoms with Crippen LogP contribution in [0.15, 0.2) is 58.1 Å². The molecule has 0 heterocycles. The van der Waals surface area contributed by atoms with Gasteiger partial charge in [0.1, 0.15) is 11.5 Å². The molecule has 8 nitrogen and oxygen atoms in total. The number of hydrogen-bond donors (Lipinski definition) is 0. The molecule has 0 N–H and O–H groups in total. The highest BCUT2D eigenvalue weighted by molar-refractivity contribution is 5.72. The summed E-state index contributed by atoms with van der Waals surface area (Å²) in [6.07, 6.45) is 30.4. The maximum atomic E-state index is 12.5. The first-order chi connectivity index (χ1) is 27.4. The summed E-state index contributed by atoms with van der Waals surface area (Å²) in [7, 11) is 0. The molecule has 2 aromatic carbocycles. The van der Waals surface area contributed by atoms with Gasteiger partial charge in [-0.05, 0) is 74.2 Å². The van der Waals surface area contributed by atoms with Crippen molar-refractivity contribution in [2.75, 3.05) is 13.2 Å². The molecule has 0 radical (unpaired) electrons. The molecule has 2 aromatic rings. The quantitative estimate of drug-likeness (QED) is 0.0503. The number of carbonyl (C=O) groups excluding carboxylic acids is 2. The van der Waals surface area contributed by atoms with Crippen LogP contribution in [-0.4, -0.2) is 25.2 Å². The van der Waals surface area contributed by atoms with Crippen LogP contribution in [0.4, 0.5) is 0 Å².